The van der Waals surface area contributed by atoms with Crippen molar-refractivity contribution < 1.29 is 14.3 Å². The molecule has 1 heterocycles. The van der Waals surface area contributed by atoms with Crippen LogP contribution in [0.2, 0.25) is 0 Å². The number of nitrogens with zero attached hydrogens (tertiary/aromatic N) is 2. The third kappa shape index (κ3) is 3.95. The zero-order chi connectivity index (χ0) is 19.2. The molecule has 0 aliphatic carbocycles. The first-order valence-electron chi connectivity index (χ1n) is 8.07. The molecule has 0 unspecified atom stereocenters. The molecule has 2 aromatic rings. The van der Waals surface area contributed by atoms with Crippen molar-refractivity contribution in [3.63, 3.8) is 0 Å². The van der Waals surface area contributed by atoms with Crippen molar-refractivity contribution in [2.45, 2.75) is 0 Å². The number of ether oxygens (including phenoxy) is 1. The molecule has 2 aromatic carbocycles. The summed E-state index contributed by atoms with van der Waals surface area (Å²) < 4.78 is 5.32. The van der Waals surface area contributed by atoms with E-state index < -0.39 is 0 Å². The van der Waals surface area contributed by atoms with Crippen LogP contribution in [-0.4, -0.2) is 18.4 Å². The van der Waals surface area contributed by atoms with Gasteiger partial charge in [-0.15, -0.1) is 6.42 Å². The van der Waals surface area contributed by atoms with Crippen LogP contribution in [0.5, 0.6) is 5.75 Å². The van der Waals surface area contributed by atoms with Crippen LogP contribution in [-0.2, 0) is 9.59 Å². The van der Waals surface area contributed by atoms with Gasteiger partial charge in [-0.3, -0.25) is 9.59 Å². The van der Waals surface area contributed by atoms with Crippen LogP contribution in [0.15, 0.2) is 60.7 Å². The summed E-state index contributed by atoms with van der Waals surface area (Å²) >= 11 is 0. The minimum Gasteiger partial charge on any atom is -0.481 e. The van der Waals surface area contributed by atoms with E-state index in [0.29, 0.717) is 22.6 Å². The smallest absolute Gasteiger partial charge is 0.258 e. The second-order valence-corrected chi connectivity index (χ2v) is 5.62. The lowest BCUT2D eigenvalue weighted by atomic mass is 10.0. The maximum absolute atomic E-state index is 11.7. The SMILES string of the molecule is C#CCOc1ccc(/C=C(\C#N)c2ccc(N3C(=O)C=CC3=O)cc2)cc1. The highest BCUT2D eigenvalue weighted by Gasteiger charge is 2.24. The molecular weight excluding hydrogens is 340 g/mol. The summed E-state index contributed by atoms with van der Waals surface area (Å²) in [6, 6.07) is 16.0. The zero-order valence-corrected chi connectivity index (χ0v) is 14.3. The number of anilines is 1. The first kappa shape index (κ1) is 17.7. The summed E-state index contributed by atoms with van der Waals surface area (Å²) in [5.74, 6) is 2.29. The highest BCUT2D eigenvalue weighted by Crippen LogP contribution is 2.24. The molecule has 5 heteroatoms. The summed E-state index contributed by atoms with van der Waals surface area (Å²) in [5.41, 5.74) is 2.43. The van der Waals surface area contributed by atoms with Gasteiger partial charge in [-0.25, -0.2) is 4.90 Å². The van der Waals surface area contributed by atoms with Crippen molar-refractivity contribution in [3.05, 3.63) is 71.8 Å². The number of terminal acetylenes is 1. The summed E-state index contributed by atoms with van der Waals surface area (Å²) in [6.45, 7) is 0.197. The predicted octanol–water partition coefficient (Wildman–Crippen LogP) is 3.19. The molecule has 0 radical (unpaired) electrons. The van der Waals surface area contributed by atoms with E-state index in [1.54, 1.807) is 42.5 Å². The number of amides is 2. The van der Waals surface area contributed by atoms with Crippen molar-refractivity contribution in [3.8, 4) is 24.2 Å². The van der Waals surface area contributed by atoms with Gasteiger partial charge in [0.2, 0.25) is 0 Å². The Kier molecular flexibility index (Phi) is 5.16. The number of carbonyl (C=O) groups excluding carboxylic acids is 2. The zero-order valence-electron chi connectivity index (χ0n) is 14.3. The van der Waals surface area contributed by atoms with Crippen LogP contribution in [0, 0.1) is 23.7 Å². The molecule has 0 aromatic heterocycles. The minimum atomic E-state index is -0.379. The fourth-order valence-electron chi connectivity index (χ4n) is 2.58. The number of carbonyl (C=O) groups is 2. The lowest BCUT2D eigenvalue weighted by molar-refractivity contribution is -0.119. The Labute approximate surface area is 156 Å². The van der Waals surface area contributed by atoms with Crippen LogP contribution in [0.25, 0.3) is 11.6 Å². The van der Waals surface area contributed by atoms with Gasteiger partial charge in [0, 0.05) is 12.2 Å². The van der Waals surface area contributed by atoms with Gasteiger partial charge < -0.3 is 4.74 Å². The van der Waals surface area contributed by atoms with E-state index >= 15 is 0 Å². The normalized spacial score (nSPS) is 13.4. The third-order valence-electron chi connectivity index (χ3n) is 3.88. The van der Waals surface area contributed by atoms with Crippen LogP contribution >= 0.6 is 0 Å². The maximum Gasteiger partial charge on any atom is 0.258 e. The van der Waals surface area contributed by atoms with Crippen molar-refractivity contribution in [1.29, 1.82) is 5.26 Å². The van der Waals surface area contributed by atoms with Gasteiger partial charge in [0.25, 0.3) is 11.8 Å². The first-order valence-corrected chi connectivity index (χ1v) is 8.07. The maximum atomic E-state index is 11.7. The number of nitriles is 1. The molecule has 0 atom stereocenters. The van der Waals surface area contributed by atoms with Gasteiger partial charge in [-0.1, -0.05) is 30.2 Å². The number of hydrogen-bond donors (Lipinski definition) is 0. The standard InChI is InChI=1S/C22H14N2O3/c1-2-13-27-20-9-3-16(4-10-20)14-18(15-23)17-5-7-19(8-6-17)24-21(25)11-12-22(24)26/h1,3-12,14H,13H2/b18-14+. The Morgan fingerprint density at radius 1 is 1.04 bits per heavy atom. The van der Waals surface area contributed by atoms with E-state index in [-0.39, 0.29) is 18.4 Å². The van der Waals surface area contributed by atoms with Crippen LogP contribution < -0.4 is 9.64 Å². The molecule has 5 nitrogen and oxygen atoms in total. The fraction of sp³-hybridized carbons (Fsp3) is 0.0455. The number of benzene rings is 2. The van der Waals surface area contributed by atoms with Gasteiger partial charge in [0.1, 0.15) is 12.4 Å². The van der Waals surface area contributed by atoms with Crippen LogP contribution in [0.3, 0.4) is 0 Å². The molecule has 3 rings (SSSR count). The van der Waals surface area contributed by atoms with Crippen LogP contribution in [0.4, 0.5) is 5.69 Å². The largest absolute Gasteiger partial charge is 0.481 e. The Morgan fingerprint density at radius 2 is 1.67 bits per heavy atom. The monoisotopic (exact) mass is 354 g/mol. The van der Waals surface area contributed by atoms with Gasteiger partial charge >= 0.3 is 0 Å². The molecule has 1 aliphatic rings. The van der Waals surface area contributed by atoms with E-state index in [9.17, 15) is 14.9 Å². The van der Waals surface area contributed by atoms with E-state index in [1.165, 1.54) is 12.2 Å². The van der Waals surface area contributed by atoms with Crippen molar-refractivity contribution in [2.75, 3.05) is 11.5 Å². The molecule has 130 valence electrons. The number of rotatable bonds is 5. The van der Waals surface area contributed by atoms with Crippen molar-refractivity contribution >= 4 is 29.2 Å². The first-order chi connectivity index (χ1) is 13.1. The molecule has 0 N–H and O–H groups in total. The number of imide groups is 1. The molecule has 0 saturated heterocycles. The quantitative estimate of drug-likeness (QED) is 0.358. The summed E-state index contributed by atoms with van der Waals surface area (Å²) in [5, 5.41) is 9.48. The molecule has 0 spiro atoms. The lowest BCUT2D eigenvalue weighted by Gasteiger charge is -2.14. The highest BCUT2D eigenvalue weighted by atomic mass is 16.5. The molecule has 2 amide bonds. The Hall–Kier alpha value is -4.09. The highest BCUT2D eigenvalue weighted by molar-refractivity contribution is 6.28. The van der Waals surface area contributed by atoms with E-state index in [0.717, 1.165) is 10.5 Å². The molecule has 0 bridgehead atoms. The lowest BCUT2D eigenvalue weighted by Crippen LogP contribution is -2.29. The van der Waals surface area contributed by atoms with E-state index in [2.05, 4.69) is 12.0 Å². The van der Waals surface area contributed by atoms with Gasteiger partial charge in [0.15, 0.2) is 0 Å². The van der Waals surface area contributed by atoms with Gasteiger partial charge in [-0.2, -0.15) is 5.26 Å². The fourth-order valence-corrected chi connectivity index (χ4v) is 2.58. The van der Waals surface area contributed by atoms with Crippen molar-refractivity contribution in [1.82, 2.24) is 0 Å². The molecule has 0 saturated carbocycles. The number of hydrogen-bond acceptors (Lipinski definition) is 4. The minimum absolute atomic E-state index is 0.197. The summed E-state index contributed by atoms with van der Waals surface area (Å²) in [7, 11) is 0. The van der Waals surface area contributed by atoms with Crippen LogP contribution in [0.1, 0.15) is 11.1 Å². The Morgan fingerprint density at radius 3 is 2.22 bits per heavy atom. The molecule has 1 aliphatic heterocycles. The van der Waals surface area contributed by atoms with Gasteiger partial charge in [0.05, 0.1) is 17.3 Å². The molecule has 27 heavy (non-hydrogen) atoms. The second kappa shape index (κ2) is 7.86. The van der Waals surface area contributed by atoms with Gasteiger partial charge in [-0.05, 0) is 41.5 Å². The third-order valence-corrected chi connectivity index (χ3v) is 3.88. The Bertz CT molecular complexity index is 999. The average molecular weight is 354 g/mol. The van der Waals surface area contributed by atoms with E-state index in [1.807, 2.05) is 12.1 Å². The van der Waals surface area contributed by atoms with Crippen molar-refractivity contribution in [2.24, 2.45) is 0 Å². The average Bonchev–Trinajstić information content (AvgIpc) is 3.04. The summed E-state index contributed by atoms with van der Waals surface area (Å²) in [4.78, 5) is 24.5. The second-order valence-electron chi connectivity index (χ2n) is 5.62. The number of allylic oxidation sites excluding steroid dienone is 1. The predicted molar refractivity (Wildman–Crippen MR) is 102 cm³/mol. The Balaban J connectivity index is 1.80. The molecular formula is C22H14N2O3. The van der Waals surface area contributed by atoms with E-state index in [4.69, 9.17) is 11.2 Å². The summed E-state index contributed by atoms with van der Waals surface area (Å²) in [6.07, 6.45) is 9.36. The topological polar surface area (TPSA) is 70.4 Å². The molecule has 0 fully saturated rings.